The van der Waals surface area contributed by atoms with Crippen molar-refractivity contribution in [1.82, 2.24) is 9.55 Å². The molecule has 0 atom stereocenters. The number of rotatable bonds is 4. The smallest absolute Gasteiger partial charge is 0.292 e. The maximum Gasteiger partial charge on any atom is 0.348 e. The molecule has 0 amide bonds. The third-order valence-corrected chi connectivity index (χ3v) is 6.11. The third-order valence-electron chi connectivity index (χ3n) is 6.11. The van der Waals surface area contributed by atoms with E-state index < -0.39 is 0 Å². The van der Waals surface area contributed by atoms with Crippen molar-refractivity contribution in [3.8, 4) is 0 Å². The monoisotopic (exact) mass is 355 g/mol. The molecular weight excluding hydrogens is 330 g/mol. The lowest BCUT2D eigenvalue weighted by Crippen LogP contribution is -2.28. The molecule has 0 unspecified atom stereocenters. The van der Waals surface area contributed by atoms with E-state index in [1.807, 2.05) is 0 Å². The Hall–Kier alpha value is -2.24. The zero-order valence-corrected chi connectivity index (χ0v) is 15.0. The van der Waals surface area contributed by atoms with E-state index in [0.29, 0.717) is 12.5 Å². The summed E-state index contributed by atoms with van der Waals surface area (Å²) in [7, 11) is 0. The predicted octanol–water partition coefficient (Wildman–Crippen LogP) is 4.54. The summed E-state index contributed by atoms with van der Waals surface area (Å²) in [4.78, 5) is 28.2. The van der Waals surface area contributed by atoms with Crippen LogP contribution in [0.15, 0.2) is 23.0 Å². The number of non-ortho nitro benzene ring substituents is 1. The second kappa shape index (κ2) is 7.17. The van der Waals surface area contributed by atoms with E-state index in [-0.39, 0.29) is 22.2 Å². The van der Waals surface area contributed by atoms with Gasteiger partial charge in [0.2, 0.25) is 0 Å². The van der Waals surface area contributed by atoms with Gasteiger partial charge in [-0.15, -0.1) is 0 Å². The molecule has 0 bridgehead atoms. The van der Waals surface area contributed by atoms with Crippen LogP contribution < -0.4 is 5.69 Å². The summed E-state index contributed by atoms with van der Waals surface area (Å²) in [6, 6.07) is 4.88. The van der Waals surface area contributed by atoms with Crippen LogP contribution >= 0.6 is 0 Å². The van der Waals surface area contributed by atoms with Crippen molar-refractivity contribution in [2.75, 3.05) is 0 Å². The summed E-state index contributed by atoms with van der Waals surface area (Å²) in [5.41, 5.74) is 1.46. The van der Waals surface area contributed by atoms with Gasteiger partial charge in [-0.25, -0.2) is 4.79 Å². The van der Waals surface area contributed by atoms with Gasteiger partial charge in [0.1, 0.15) is 0 Å². The molecule has 0 saturated heterocycles. The van der Waals surface area contributed by atoms with Gasteiger partial charge in [0.25, 0.3) is 5.69 Å². The minimum Gasteiger partial charge on any atom is -0.292 e. The molecule has 0 spiro atoms. The molecule has 1 heterocycles. The first kappa shape index (κ1) is 17.2. The number of fused-ring (bicyclic) bond motifs is 1. The molecule has 1 aromatic heterocycles. The maximum absolute atomic E-state index is 12.8. The molecule has 2 aromatic rings. The molecule has 1 aromatic carbocycles. The number of nitro groups is 1. The van der Waals surface area contributed by atoms with Crippen molar-refractivity contribution in [3.63, 3.8) is 0 Å². The van der Waals surface area contributed by atoms with Crippen LogP contribution in [-0.2, 0) is 6.54 Å². The van der Waals surface area contributed by atoms with Crippen LogP contribution in [0.3, 0.4) is 0 Å². The quantitative estimate of drug-likeness (QED) is 0.596. The minimum absolute atomic E-state index is 0.0717. The SMILES string of the molecule is O=c1nc(C2CCCCC2)c2cc([N+](=O)[O-])ccc2n1CC1CCCC1. The fourth-order valence-corrected chi connectivity index (χ4v) is 4.72. The van der Waals surface area contributed by atoms with E-state index in [4.69, 9.17) is 0 Å². The fourth-order valence-electron chi connectivity index (χ4n) is 4.72. The predicted molar refractivity (Wildman–Crippen MR) is 100 cm³/mol. The summed E-state index contributed by atoms with van der Waals surface area (Å²) >= 11 is 0. The van der Waals surface area contributed by atoms with Crippen molar-refractivity contribution < 1.29 is 4.92 Å². The number of nitrogens with zero attached hydrogens (tertiary/aromatic N) is 3. The Balaban J connectivity index is 1.85. The minimum atomic E-state index is -0.365. The zero-order chi connectivity index (χ0) is 18.1. The van der Waals surface area contributed by atoms with Crippen LogP contribution in [0.1, 0.15) is 69.4 Å². The van der Waals surface area contributed by atoms with Crippen molar-refractivity contribution in [2.24, 2.45) is 5.92 Å². The molecule has 2 aliphatic rings. The first-order valence-electron chi connectivity index (χ1n) is 9.82. The van der Waals surface area contributed by atoms with Crippen molar-refractivity contribution in [2.45, 2.75) is 70.3 Å². The molecule has 0 radical (unpaired) electrons. The van der Waals surface area contributed by atoms with Gasteiger partial charge in [-0.3, -0.25) is 14.7 Å². The zero-order valence-electron chi connectivity index (χ0n) is 15.0. The van der Waals surface area contributed by atoms with E-state index in [1.54, 1.807) is 16.7 Å². The summed E-state index contributed by atoms with van der Waals surface area (Å²) in [6.45, 7) is 0.672. The van der Waals surface area contributed by atoms with Gasteiger partial charge in [-0.2, -0.15) is 4.98 Å². The highest BCUT2D eigenvalue weighted by molar-refractivity contribution is 5.84. The molecule has 6 heteroatoms. The molecule has 26 heavy (non-hydrogen) atoms. The topological polar surface area (TPSA) is 78.0 Å². The summed E-state index contributed by atoms with van der Waals surface area (Å²) in [5.74, 6) is 0.746. The summed E-state index contributed by atoms with van der Waals surface area (Å²) in [5, 5.41) is 12.1. The van der Waals surface area contributed by atoms with Gasteiger partial charge < -0.3 is 0 Å². The second-order valence-electron chi connectivity index (χ2n) is 7.83. The Morgan fingerprint density at radius 2 is 1.77 bits per heavy atom. The van der Waals surface area contributed by atoms with E-state index in [1.165, 1.54) is 25.3 Å². The Morgan fingerprint density at radius 1 is 1.08 bits per heavy atom. The van der Waals surface area contributed by atoms with Gasteiger partial charge in [-0.05, 0) is 37.7 Å². The van der Waals surface area contributed by atoms with Gasteiger partial charge in [0.05, 0.1) is 16.1 Å². The van der Waals surface area contributed by atoms with E-state index in [9.17, 15) is 14.9 Å². The molecular formula is C20H25N3O3. The maximum atomic E-state index is 12.8. The molecule has 138 valence electrons. The second-order valence-corrected chi connectivity index (χ2v) is 7.83. The van der Waals surface area contributed by atoms with Crippen molar-refractivity contribution >= 4 is 16.6 Å². The van der Waals surface area contributed by atoms with Crippen LogP contribution in [0.25, 0.3) is 10.9 Å². The lowest BCUT2D eigenvalue weighted by Gasteiger charge is -2.23. The standard InChI is InChI=1S/C20H25N3O3/c24-20-21-19(15-8-2-1-3-9-15)17-12-16(23(25)26)10-11-18(17)22(20)13-14-6-4-5-7-14/h10-12,14-15H,1-9,13H2. The lowest BCUT2D eigenvalue weighted by molar-refractivity contribution is -0.384. The van der Waals surface area contributed by atoms with Crippen LogP contribution in [0.2, 0.25) is 0 Å². The molecule has 0 aliphatic heterocycles. The Morgan fingerprint density at radius 3 is 2.46 bits per heavy atom. The summed E-state index contributed by atoms with van der Waals surface area (Å²) in [6.07, 6.45) is 10.2. The Bertz CT molecular complexity index is 878. The molecule has 2 fully saturated rings. The number of nitro benzene ring substituents is 1. The number of benzene rings is 1. The van der Waals surface area contributed by atoms with Gasteiger partial charge in [0.15, 0.2) is 0 Å². The largest absolute Gasteiger partial charge is 0.348 e. The fraction of sp³-hybridized carbons (Fsp3) is 0.600. The van der Waals surface area contributed by atoms with E-state index in [0.717, 1.165) is 55.1 Å². The average Bonchev–Trinajstić information content (AvgIpc) is 3.17. The Kier molecular flexibility index (Phi) is 4.74. The van der Waals surface area contributed by atoms with Crippen molar-refractivity contribution in [3.05, 3.63) is 44.5 Å². The van der Waals surface area contributed by atoms with Gasteiger partial charge in [0, 0.05) is 30.0 Å². The third kappa shape index (κ3) is 3.24. The van der Waals surface area contributed by atoms with Crippen LogP contribution in [-0.4, -0.2) is 14.5 Å². The van der Waals surface area contributed by atoms with Crippen LogP contribution in [0, 0.1) is 16.0 Å². The van der Waals surface area contributed by atoms with Crippen LogP contribution in [0.4, 0.5) is 5.69 Å². The number of hydrogen-bond acceptors (Lipinski definition) is 4. The normalized spacial score (nSPS) is 19.2. The molecule has 2 aliphatic carbocycles. The molecule has 2 saturated carbocycles. The number of aromatic nitrogens is 2. The van der Waals surface area contributed by atoms with E-state index >= 15 is 0 Å². The van der Waals surface area contributed by atoms with Gasteiger partial charge >= 0.3 is 5.69 Å². The molecule has 4 rings (SSSR count). The highest BCUT2D eigenvalue weighted by Gasteiger charge is 2.24. The first-order chi connectivity index (χ1) is 12.6. The van der Waals surface area contributed by atoms with Crippen molar-refractivity contribution in [1.29, 1.82) is 0 Å². The van der Waals surface area contributed by atoms with Gasteiger partial charge in [-0.1, -0.05) is 32.1 Å². The number of hydrogen-bond donors (Lipinski definition) is 0. The summed E-state index contributed by atoms with van der Waals surface area (Å²) < 4.78 is 1.75. The van der Waals surface area contributed by atoms with Crippen LogP contribution in [0.5, 0.6) is 0 Å². The highest BCUT2D eigenvalue weighted by atomic mass is 16.6. The average molecular weight is 355 g/mol. The lowest BCUT2D eigenvalue weighted by atomic mass is 9.85. The Labute approximate surface area is 152 Å². The molecule has 6 nitrogen and oxygen atoms in total. The first-order valence-corrected chi connectivity index (χ1v) is 9.82. The van der Waals surface area contributed by atoms with E-state index in [2.05, 4.69) is 4.98 Å². The highest BCUT2D eigenvalue weighted by Crippen LogP contribution is 2.36. The molecule has 0 N–H and O–H groups in total.